The number of fused-ring (bicyclic) bond motifs is 1. The topological polar surface area (TPSA) is 39.4 Å². The Labute approximate surface area is 100 Å². The Morgan fingerprint density at radius 2 is 2.17 bits per heavy atom. The second-order valence-electron chi connectivity index (χ2n) is 4.34. The fraction of sp³-hybridized carbons (Fsp3) is 0.455. The van der Waals surface area contributed by atoms with Gasteiger partial charge in [-0.3, -0.25) is 0 Å². The lowest BCUT2D eigenvalue weighted by atomic mass is 10.3. The van der Waals surface area contributed by atoms with Crippen LogP contribution in [0.15, 0.2) is 18.5 Å². The Morgan fingerprint density at radius 3 is 2.83 bits per heavy atom. The molecule has 1 aliphatic carbocycles. The lowest BCUT2D eigenvalue weighted by Crippen LogP contribution is -2.06. The van der Waals surface area contributed by atoms with Crippen LogP contribution in [0, 0.1) is 5.92 Å². The molecule has 4 nitrogen and oxygen atoms in total. The second kappa shape index (κ2) is 3.86. The van der Waals surface area contributed by atoms with Crippen molar-refractivity contribution in [1.82, 2.24) is 14.6 Å². The largest absolute Gasteiger partial charge is 0.477 e. The van der Waals surface area contributed by atoms with Crippen molar-refractivity contribution in [3.8, 4) is 5.88 Å². The van der Waals surface area contributed by atoms with E-state index in [1.165, 1.54) is 12.3 Å². The summed E-state index contributed by atoms with van der Waals surface area (Å²) < 4.78 is 44.5. The van der Waals surface area contributed by atoms with Gasteiger partial charge in [0.15, 0.2) is 5.65 Å². The predicted molar refractivity (Wildman–Crippen MR) is 56.2 cm³/mol. The summed E-state index contributed by atoms with van der Waals surface area (Å²) in [6.07, 6.45) is -0.0396. The highest BCUT2D eigenvalue weighted by Crippen LogP contribution is 2.32. The van der Waals surface area contributed by atoms with Crippen molar-refractivity contribution in [2.24, 2.45) is 5.92 Å². The van der Waals surface area contributed by atoms with Gasteiger partial charge in [0.2, 0.25) is 5.88 Å². The van der Waals surface area contributed by atoms with Gasteiger partial charge in [0, 0.05) is 12.3 Å². The molecule has 2 aromatic heterocycles. The monoisotopic (exact) mass is 257 g/mol. The first kappa shape index (κ1) is 11.3. The molecule has 0 N–H and O–H groups in total. The Balaban J connectivity index is 1.92. The van der Waals surface area contributed by atoms with Crippen LogP contribution in [-0.4, -0.2) is 21.2 Å². The molecule has 2 aromatic rings. The zero-order valence-corrected chi connectivity index (χ0v) is 9.31. The molecule has 0 amide bonds. The van der Waals surface area contributed by atoms with E-state index in [9.17, 15) is 13.2 Å². The molecular formula is C11H10F3N3O. The molecular weight excluding hydrogens is 247 g/mol. The molecule has 2 heterocycles. The maximum Gasteiger partial charge on any atom is 0.421 e. The molecule has 0 unspecified atom stereocenters. The first-order valence-electron chi connectivity index (χ1n) is 5.58. The summed E-state index contributed by atoms with van der Waals surface area (Å²) in [5.41, 5.74) is -1.07. The van der Waals surface area contributed by atoms with Gasteiger partial charge in [-0.15, -0.1) is 0 Å². The maximum atomic E-state index is 12.7. The van der Waals surface area contributed by atoms with Crippen molar-refractivity contribution in [2.45, 2.75) is 19.0 Å². The van der Waals surface area contributed by atoms with Crippen LogP contribution in [0.1, 0.15) is 18.4 Å². The van der Waals surface area contributed by atoms with Crippen molar-refractivity contribution in [3.05, 3.63) is 24.0 Å². The highest BCUT2D eigenvalue weighted by Gasteiger charge is 2.35. The van der Waals surface area contributed by atoms with Crippen LogP contribution >= 0.6 is 0 Å². The molecule has 7 heteroatoms. The first-order chi connectivity index (χ1) is 8.54. The van der Waals surface area contributed by atoms with Crippen LogP contribution < -0.4 is 4.74 Å². The lowest BCUT2D eigenvalue weighted by Gasteiger charge is -2.06. The van der Waals surface area contributed by atoms with Crippen molar-refractivity contribution >= 4 is 5.65 Å². The average molecular weight is 257 g/mol. The molecule has 18 heavy (non-hydrogen) atoms. The van der Waals surface area contributed by atoms with Gasteiger partial charge in [0.05, 0.1) is 12.8 Å². The summed E-state index contributed by atoms with van der Waals surface area (Å²) in [4.78, 5) is 3.86. The summed E-state index contributed by atoms with van der Waals surface area (Å²) in [5.74, 6) is 0.732. The minimum atomic E-state index is -4.45. The minimum Gasteiger partial charge on any atom is -0.477 e. The molecule has 1 fully saturated rings. The smallest absolute Gasteiger partial charge is 0.421 e. The van der Waals surface area contributed by atoms with Gasteiger partial charge in [-0.2, -0.15) is 23.3 Å². The van der Waals surface area contributed by atoms with Gasteiger partial charge in [-0.25, -0.2) is 4.52 Å². The Morgan fingerprint density at radius 1 is 1.39 bits per heavy atom. The molecule has 0 aromatic carbocycles. The average Bonchev–Trinajstić information content (AvgIpc) is 3.02. The van der Waals surface area contributed by atoms with E-state index in [4.69, 9.17) is 4.74 Å². The summed E-state index contributed by atoms with van der Waals surface area (Å²) in [6, 6.07) is 1.52. The van der Waals surface area contributed by atoms with E-state index >= 15 is 0 Å². The van der Waals surface area contributed by atoms with Crippen LogP contribution in [0.2, 0.25) is 0 Å². The third-order valence-electron chi connectivity index (χ3n) is 2.81. The fourth-order valence-electron chi connectivity index (χ4n) is 1.62. The zero-order valence-electron chi connectivity index (χ0n) is 9.31. The van der Waals surface area contributed by atoms with E-state index in [-0.39, 0.29) is 11.5 Å². The van der Waals surface area contributed by atoms with Gasteiger partial charge >= 0.3 is 6.18 Å². The molecule has 1 aliphatic rings. The number of nitrogens with zero attached hydrogens (tertiary/aromatic N) is 3. The first-order valence-corrected chi connectivity index (χ1v) is 5.58. The minimum absolute atomic E-state index is 0.209. The zero-order chi connectivity index (χ0) is 12.8. The van der Waals surface area contributed by atoms with Crippen LogP contribution in [-0.2, 0) is 6.18 Å². The number of hydrogen-bond donors (Lipinski definition) is 0. The van der Waals surface area contributed by atoms with Gasteiger partial charge in [0.25, 0.3) is 0 Å². The summed E-state index contributed by atoms with van der Waals surface area (Å²) in [7, 11) is 0. The SMILES string of the molecule is FC(F)(F)c1cnn2ccc(OCC3CC3)nc12. The molecule has 0 bridgehead atoms. The molecule has 0 spiro atoms. The fourth-order valence-corrected chi connectivity index (χ4v) is 1.62. The van der Waals surface area contributed by atoms with Crippen LogP contribution in [0.5, 0.6) is 5.88 Å². The standard InChI is InChI=1S/C11H10F3N3O/c12-11(13,14)8-5-15-17-4-3-9(16-10(8)17)18-6-7-1-2-7/h3-5,7H,1-2,6H2. The number of halogens is 3. The van der Waals surface area contributed by atoms with Gasteiger partial charge in [0.1, 0.15) is 5.56 Å². The Hall–Kier alpha value is -1.79. The highest BCUT2D eigenvalue weighted by atomic mass is 19.4. The van der Waals surface area contributed by atoms with Crippen molar-refractivity contribution < 1.29 is 17.9 Å². The summed E-state index contributed by atoms with van der Waals surface area (Å²) in [5, 5.41) is 3.61. The number of rotatable bonds is 3. The van der Waals surface area contributed by atoms with Crippen LogP contribution in [0.3, 0.4) is 0 Å². The van der Waals surface area contributed by atoms with E-state index in [2.05, 4.69) is 10.1 Å². The molecule has 0 radical (unpaired) electrons. The normalized spacial score (nSPS) is 16.2. The van der Waals surface area contributed by atoms with Crippen molar-refractivity contribution in [1.29, 1.82) is 0 Å². The highest BCUT2D eigenvalue weighted by molar-refractivity contribution is 5.49. The molecule has 0 saturated heterocycles. The van der Waals surface area contributed by atoms with E-state index in [1.807, 2.05) is 0 Å². The van der Waals surface area contributed by atoms with Gasteiger partial charge in [-0.05, 0) is 18.8 Å². The lowest BCUT2D eigenvalue weighted by molar-refractivity contribution is -0.136. The third-order valence-corrected chi connectivity index (χ3v) is 2.81. The van der Waals surface area contributed by atoms with E-state index in [0.29, 0.717) is 12.5 Å². The summed E-state index contributed by atoms with van der Waals surface area (Å²) >= 11 is 0. The Kier molecular flexibility index (Phi) is 2.42. The third kappa shape index (κ3) is 2.12. The molecule has 3 rings (SSSR count). The van der Waals surface area contributed by atoms with Crippen molar-refractivity contribution in [2.75, 3.05) is 6.61 Å². The van der Waals surface area contributed by atoms with Crippen LogP contribution in [0.4, 0.5) is 13.2 Å². The van der Waals surface area contributed by atoms with Gasteiger partial charge < -0.3 is 4.74 Å². The number of aromatic nitrogens is 3. The van der Waals surface area contributed by atoms with E-state index in [1.54, 1.807) is 0 Å². The van der Waals surface area contributed by atoms with E-state index in [0.717, 1.165) is 23.6 Å². The number of alkyl halides is 3. The van der Waals surface area contributed by atoms with Gasteiger partial charge in [-0.1, -0.05) is 0 Å². The molecule has 1 saturated carbocycles. The summed E-state index contributed by atoms with van der Waals surface area (Å²) in [6.45, 7) is 0.513. The molecule has 0 atom stereocenters. The predicted octanol–water partition coefficient (Wildman–Crippen LogP) is 2.54. The van der Waals surface area contributed by atoms with E-state index < -0.39 is 11.7 Å². The van der Waals surface area contributed by atoms with Crippen molar-refractivity contribution in [3.63, 3.8) is 0 Å². The molecule has 0 aliphatic heterocycles. The van der Waals surface area contributed by atoms with Crippen LogP contribution in [0.25, 0.3) is 5.65 Å². The second-order valence-corrected chi connectivity index (χ2v) is 4.34. The number of hydrogen-bond acceptors (Lipinski definition) is 3. The number of ether oxygens (including phenoxy) is 1. The Bertz CT molecular complexity index is 574. The quantitative estimate of drug-likeness (QED) is 0.848. The maximum absolute atomic E-state index is 12.7. The molecule has 96 valence electrons.